The molecule has 30 heavy (non-hydrogen) atoms. The smallest absolute Gasteiger partial charge is 0.228 e. The molecule has 5 nitrogen and oxygen atoms in total. The number of nitrogens with zero attached hydrogens (tertiary/aromatic N) is 3. The van der Waals surface area contributed by atoms with Crippen LogP contribution in [-0.4, -0.2) is 48.4 Å². The first-order valence-corrected chi connectivity index (χ1v) is 10.6. The Balaban J connectivity index is 1.29. The van der Waals surface area contributed by atoms with Gasteiger partial charge in [0.1, 0.15) is 5.82 Å². The SMILES string of the molecule is CC1=C(CC(=O)N2CCN(Cc3ccccc3)CC2)NN(c2ccc(F)c(Cl)c2)C1. The van der Waals surface area contributed by atoms with Crippen LogP contribution < -0.4 is 10.4 Å². The van der Waals surface area contributed by atoms with Gasteiger partial charge >= 0.3 is 0 Å². The molecule has 4 rings (SSSR count). The van der Waals surface area contributed by atoms with Crippen molar-refractivity contribution in [3.8, 4) is 0 Å². The average molecular weight is 429 g/mol. The summed E-state index contributed by atoms with van der Waals surface area (Å²) in [6, 6.07) is 15.0. The number of hydrogen-bond donors (Lipinski definition) is 1. The molecule has 2 aromatic carbocycles. The van der Waals surface area contributed by atoms with Crippen molar-refractivity contribution in [3.05, 3.63) is 76.2 Å². The van der Waals surface area contributed by atoms with Gasteiger partial charge in [0.2, 0.25) is 5.91 Å². The van der Waals surface area contributed by atoms with E-state index in [1.54, 1.807) is 12.1 Å². The van der Waals surface area contributed by atoms with E-state index >= 15 is 0 Å². The van der Waals surface area contributed by atoms with Crippen LogP contribution in [0.25, 0.3) is 0 Å². The van der Waals surface area contributed by atoms with Gasteiger partial charge in [-0.25, -0.2) is 4.39 Å². The summed E-state index contributed by atoms with van der Waals surface area (Å²) in [4.78, 5) is 17.2. The molecule has 2 aliphatic heterocycles. The van der Waals surface area contributed by atoms with Crippen molar-refractivity contribution < 1.29 is 9.18 Å². The molecule has 0 unspecified atom stereocenters. The highest BCUT2D eigenvalue weighted by atomic mass is 35.5. The molecule has 2 aromatic rings. The first kappa shape index (κ1) is 20.7. The van der Waals surface area contributed by atoms with Crippen molar-refractivity contribution in [2.75, 3.05) is 37.7 Å². The summed E-state index contributed by atoms with van der Waals surface area (Å²) < 4.78 is 13.4. The molecule has 1 fully saturated rings. The van der Waals surface area contributed by atoms with Gasteiger partial charge in [0, 0.05) is 38.4 Å². The molecular formula is C23H26ClFN4O. The lowest BCUT2D eigenvalue weighted by Gasteiger charge is -2.35. The minimum atomic E-state index is -0.439. The zero-order valence-electron chi connectivity index (χ0n) is 17.1. The standard InChI is InChI=1S/C23H26ClFN4O/c1-17-15-29(19-7-8-21(25)20(24)13-19)26-22(17)14-23(30)28-11-9-27(10-12-28)16-18-5-3-2-4-6-18/h2-8,13,26H,9-12,14-16H2,1H3. The molecule has 0 radical (unpaired) electrons. The van der Waals surface area contributed by atoms with Crippen LogP contribution >= 0.6 is 11.6 Å². The Kier molecular flexibility index (Phi) is 6.25. The number of carbonyl (C=O) groups excluding carboxylic acids is 1. The second kappa shape index (κ2) is 9.06. The maximum absolute atomic E-state index is 13.4. The second-order valence-electron chi connectivity index (χ2n) is 7.87. The largest absolute Gasteiger partial charge is 0.340 e. The summed E-state index contributed by atoms with van der Waals surface area (Å²) in [5.74, 6) is -0.304. The number of piperazine rings is 1. The molecule has 1 saturated heterocycles. The van der Waals surface area contributed by atoms with Gasteiger partial charge in [0.25, 0.3) is 0 Å². The zero-order valence-corrected chi connectivity index (χ0v) is 17.8. The van der Waals surface area contributed by atoms with E-state index in [2.05, 4.69) is 34.6 Å². The van der Waals surface area contributed by atoms with E-state index in [0.717, 1.165) is 49.7 Å². The second-order valence-corrected chi connectivity index (χ2v) is 8.28. The van der Waals surface area contributed by atoms with Crippen LogP contribution in [0, 0.1) is 5.82 Å². The molecule has 1 amide bonds. The lowest BCUT2D eigenvalue weighted by Crippen LogP contribution is -2.48. The van der Waals surface area contributed by atoms with Gasteiger partial charge in [-0.2, -0.15) is 0 Å². The number of nitrogens with one attached hydrogen (secondary N) is 1. The number of carbonyl (C=O) groups is 1. The highest BCUT2D eigenvalue weighted by Crippen LogP contribution is 2.26. The van der Waals surface area contributed by atoms with Crippen molar-refractivity contribution >= 4 is 23.2 Å². The summed E-state index contributed by atoms with van der Waals surface area (Å²) in [5.41, 5.74) is 7.38. The molecule has 0 aromatic heterocycles. The monoisotopic (exact) mass is 428 g/mol. The maximum atomic E-state index is 13.4. The van der Waals surface area contributed by atoms with Crippen LogP contribution in [-0.2, 0) is 11.3 Å². The highest BCUT2D eigenvalue weighted by Gasteiger charge is 2.26. The van der Waals surface area contributed by atoms with Crippen molar-refractivity contribution in [1.29, 1.82) is 0 Å². The van der Waals surface area contributed by atoms with Crippen molar-refractivity contribution in [2.24, 2.45) is 0 Å². The summed E-state index contributed by atoms with van der Waals surface area (Å²) in [7, 11) is 0. The number of hydrogen-bond acceptors (Lipinski definition) is 4. The lowest BCUT2D eigenvalue weighted by atomic mass is 10.1. The van der Waals surface area contributed by atoms with Crippen LogP contribution in [0.4, 0.5) is 10.1 Å². The Morgan fingerprint density at radius 3 is 2.53 bits per heavy atom. The molecule has 158 valence electrons. The predicted molar refractivity (Wildman–Crippen MR) is 118 cm³/mol. The molecule has 2 heterocycles. The van der Waals surface area contributed by atoms with E-state index < -0.39 is 5.82 Å². The van der Waals surface area contributed by atoms with Crippen molar-refractivity contribution in [2.45, 2.75) is 19.9 Å². The number of anilines is 1. The summed E-state index contributed by atoms with van der Waals surface area (Å²) in [6.07, 6.45) is 0.343. The van der Waals surface area contributed by atoms with Crippen LogP contribution in [0.15, 0.2) is 59.8 Å². The van der Waals surface area contributed by atoms with Crippen molar-refractivity contribution in [3.63, 3.8) is 0 Å². The third-order valence-corrected chi connectivity index (χ3v) is 5.99. The van der Waals surface area contributed by atoms with Crippen LogP contribution in [0.3, 0.4) is 0 Å². The van der Waals surface area contributed by atoms with Gasteiger partial charge in [0.15, 0.2) is 0 Å². The third kappa shape index (κ3) is 4.77. The summed E-state index contributed by atoms with van der Waals surface area (Å²) in [6.45, 7) is 6.82. The highest BCUT2D eigenvalue weighted by molar-refractivity contribution is 6.31. The van der Waals surface area contributed by atoms with Gasteiger partial charge in [-0.1, -0.05) is 41.9 Å². The van der Waals surface area contributed by atoms with E-state index in [4.69, 9.17) is 11.6 Å². The molecule has 2 aliphatic rings. The Morgan fingerprint density at radius 2 is 1.83 bits per heavy atom. The van der Waals surface area contributed by atoms with E-state index in [9.17, 15) is 9.18 Å². The molecule has 0 bridgehead atoms. The van der Waals surface area contributed by atoms with Gasteiger partial charge in [-0.05, 0) is 36.3 Å². The van der Waals surface area contributed by atoms with Gasteiger partial charge < -0.3 is 10.3 Å². The number of halogens is 2. The summed E-state index contributed by atoms with van der Waals surface area (Å²) in [5, 5.41) is 1.98. The predicted octanol–water partition coefficient (Wildman–Crippen LogP) is 3.81. The van der Waals surface area contributed by atoms with Crippen LogP contribution in [0.1, 0.15) is 18.9 Å². The minimum absolute atomic E-state index is 0.0878. The van der Waals surface area contributed by atoms with Gasteiger partial charge in [-0.3, -0.25) is 14.7 Å². The fraction of sp³-hybridized carbons (Fsp3) is 0.348. The maximum Gasteiger partial charge on any atom is 0.228 e. The van der Waals surface area contributed by atoms with E-state index in [-0.39, 0.29) is 10.9 Å². The Morgan fingerprint density at radius 1 is 1.10 bits per heavy atom. The van der Waals surface area contributed by atoms with Gasteiger partial charge in [0.05, 0.1) is 23.7 Å². The Bertz CT molecular complexity index is 941. The minimum Gasteiger partial charge on any atom is -0.340 e. The molecule has 0 saturated carbocycles. The van der Waals surface area contributed by atoms with Crippen LogP contribution in [0.2, 0.25) is 5.02 Å². The van der Waals surface area contributed by atoms with Gasteiger partial charge in [-0.15, -0.1) is 0 Å². The fourth-order valence-corrected chi connectivity index (χ4v) is 4.06. The number of amides is 1. The number of benzene rings is 2. The normalized spacial score (nSPS) is 17.4. The molecule has 7 heteroatoms. The van der Waals surface area contributed by atoms with Crippen molar-refractivity contribution in [1.82, 2.24) is 15.2 Å². The quantitative estimate of drug-likeness (QED) is 0.786. The number of hydrazine groups is 1. The molecule has 0 atom stereocenters. The molecular weight excluding hydrogens is 403 g/mol. The summed E-state index contributed by atoms with van der Waals surface area (Å²) >= 11 is 5.91. The first-order chi connectivity index (χ1) is 14.5. The fourth-order valence-electron chi connectivity index (χ4n) is 3.89. The Hall–Kier alpha value is -2.57. The van der Waals surface area contributed by atoms with E-state index in [1.807, 2.05) is 22.9 Å². The van der Waals surface area contributed by atoms with Crippen LogP contribution in [0.5, 0.6) is 0 Å². The third-order valence-electron chi connectivity index (χ3n) is 5.70. The first-order valence-electron chi connectivity index (χ1n) is 10.2. The Labute approximate surface area is 181 Å². The van der Waals surface area contributed by atoms with E-state index in [0.29, 0.717) is 13.0 Å². The average Bonchev–Trinajstić information content (AvgIpc) is 3.11. The molecule has 1 N–H and O–H groups in total. The number of rotatable bonds is 5. The topological polar surface area (TPSA) is 38.8 Å². The molecule has 0 spiro atoms. The molecule has 0 aliphatic carbocycles. The van der Waals surface area contributed by atoms with E-state index in [1.165, 1.54) is 11.6 Å². The lowest BCUT2D eigenvalue weighted by molar-refractivity contribution is -0.132. The zero-order chi connectivity index (χ0) is 21.1.